The summed E-state index contributed by atoms with van der Waals surface area (Å²) in [6.45, 7) is 0.468. The van der Waals surface area contributed by atoms with Gasteiger partial charge in [-0.1, -0.05) is 0 Å². The topological polar surface area (TPSA) is 111 Å². The van der Waals surface area contributed by atoms with Gasteiger partial charge in [0.25, 0.3) is 0 Å². The first-order valence-electron chi connectivity index (χ1n) is 3.63. The standard InChI is InChI=1S/C7H11N5O/c8-6(9)12-7(10)11-3-5-1-2-13-4-5/h1-2,4H,3H2,(H6,8,9,10,11,12). The Morgan fingerprint density at radius 3 is 2.85 bits per heavy atom. The molecule has 0 aliphatic rings. The van der Waals surface area contributed by atoms with Crippen molar-refractivity contribution in [3.8, 4) is 0 Å². The van der Waals surface area contributed by atoms with E-state index in [4.69, 9.17) is 21.0 Å². The van der Waals surface area contributed by atoms with Gasteiger partial charge in [0, 0.05) is 12.1 Å². The summed E-state index contributed by atoms with van der Waals surface area (Å²) < 4.78 is 4.83. The van der Waals surface area contributed by atoms with Crippen molar-refractivity contribution in [2.24, 2.45) is 5.73 Å². The number of hydrogen-bond donors (Lipinski definition) is 5. The van der Waals surface area contributed by atoms with Crippen LogP contribution < -0.4 is 16.4 Å². The summed E-state index contributed by atoms with van der Waals surface area (Å²) in [5.74, 6) is -0.265. The number of hydrogen-bond acceptors (Lipinski definition) is 3. The lowest BCUT2D eigenvalue weighted by molar-refractivity contribution is 0.563. The predicted octanol–water partition coefficient (Wildman–Crippen LogP) is -0.213. The molecule has 1 rings (SSSR count). The highest BCUT2D eigenvalue weighted by Gasteiger charge is 1.97. The minimum absolute atomic E-state index is 0.00583. The second-order valence-electron chi connectivity index (χ2n) is 2.40. The Balaban J connectivity index is 2.27. The Labute approximate surface area is 75.1 Å². The molecule has 0 fully saturated rings. The molecule has 0 aromatic carbocycles. The van der Waals surface area contributed by atoms with E-state index in [0.717, 1.165) is 5.56 Å². The Morgan fingerprint density at radius 1 is 1.54 bits per heavy atom. The molecule has 6 nitrogen and oxygen atoms in total. The minimum Gasteiger partial charge on any atom is -0.472 e. The molecular formula is C7H11N5O. The molecule has 0 atom stereocenters. The first-order valence-corrected chi connectivity index (χ1v) is 3.63. The molecule has 13 heavy (non-hydrogen) atoms. The van der Waals surface area contributed by atoms with E-state index in [1.165, 1.54) is 0 Å². The van der Waals surface area contributed by atoms with Crippen molar-refractivity contribution in [3.63, 3.8) is 0 Å². The fraction of sp³-hybridized carbons (Fsp3) is 0.143. The zero-order valence-electron chi connectivity index (χ0n) is 6.92. The molecule has 0 saturated heterocycles. The number of guanidine groups is 2. The van der Waals surface area contributed by atoms with E-state index in [1.807, 2.05) is 0 Å². The van der Waals surface area contributed by atoms with Gasteiger partial charge in [-0.3, -0.25) is 16.1 Å². The van der Waals surface area contributed by atoms with Gasteiger partial charge in [0.2, 0.25) is 0 Å². The van der Waals surface area contributed by atoms with E-state index in [0.29, 0.717) is 6.54 Å². The quantitative estimate of drug-likeness (QED) is 0.321. The minimum atomic E-state index is -0.260. The SMILES string of the molecule is N=C(N)NC(=N)NCc1ccoc1. The summed E-state index contributed by atoms with van der Waals surface area (Å²) >= 11 is 0. The molecule has 0 aliphatic heterocycles. The first kappa shape index (κ1) is 9.11. The fourth-order valence-electron chi connectivity index (χ4n) is 0.763. The summed E-state index contributed by atoms with van der Waals surface area (Å²) in [5, 5.41) is 19.1. The van der Waals surface area contributed by atoms with Crippen molar-refractivity contribution < 1.29 is 4.42 Å². The van der Waals surface area contributed by atoms with E-state index in [1.54, 1.807) is 18.6 Å². The van der Waals surface area contributed by atoms with Gasteiger partial charge < -0.3 is 15.5 Å². The zero-order valence-corrected chi connectivity index (χ0v) is 6.92. The molecule has 1 heterocycles. The fourth-order valence-corrected chi connectivity index (χ4v) is 0.763. The molecule has 0 bridgehead atoms. The number of furan rings is 1. The van der Waals surface area contributed by atoms with Crippen LogP contribution in [-0.2, 0) is 6.54 Å². The average Bonchev–Trinajstić information content (AvgIpc) is 2.51. The molecule has 0 radical (unpaired) electrons. The van der Waals surface area contributed by atoms with Gasteiger partial charge in [-0.2, -0.15) is 0 Å². The molecule has 0 amide bonds. The molecule has 0 saturated carbocycles. The maximum Gasteiger partial charge on any atom is 0.195 e. The smallest absolute Gasteiger partial charge is 0.195 e. The molecule has 6 heteroatoms. The lowest BCUT2D eigenvalue weighted by atomic mass is 10.3. The van der Waals surface area contributed by atoms with Crippen LogP contribution in [0.3, 0.4) is 0 Å². The molecule has 1 aromatic rings. The van der Waals surface area contributed by atoms with E-state index >= 15 is 0 Å². The monoisotopic (exact) mass is 181 g/mol. The summed E-state index contributed by atoms with van der Waals surface area (Å²) in [5.41, 5.74) is 5.94. The lowest BCUT2D eigenvalue weighted by Gasteiger charge is -2.06. The van der Waals surface area contributed by atoms with Gasteiger partial charge in [-0.15, -0.1) is 0 Å². The number of nitrogens with one attached hydrogen (secondary N) is 4. The molecule has 1 aromatic heterocycles. The van der Waals surface area contributed by atoms with Gasteiger partial charge in [0.05, 0.1) is 12.5 Å². The average molecular weight is 181 g/mol. The van der Waals surface area contributed by atoms with Gasteiger partial charge >= 0.3 is 0 Å². The van der Waals surface area contributed by atoms with Crippen molar-refractivity contribution >= 4 is 11.9 Å². The van der Waals surface area contributed by atoms with E-state index < -0.39 is 0 Å². The van der Waals surface area contributed by atoms with Crippen LogP contribution in [0.2, 0.25) is 0 Å². The maximum atomic E-state index is 7.25. The first-order chi connectivity index (χ1) is 6.18. The Kier molecular flexibility index (Phi) is 2.91. The third-order valence-corrected chi connectivity index (χ3v) is 1.31. The van der Waals surface area contributed by atoms with E-state index in [-0.39, 0.29) is 11.9 Å². The summed E-state index contributed by atoms with van der Waals surface area (Å²) in [6, 6.07) is 1.79. The number of nitrogens with two attached hydrogens (primary N) is 1. The summed E-state index contributed by atoms with van der Waals surface area (Å²) in [6.07, 6.45) is 3.13. The molecule has 0 spiro atoms. The highest BCUT2D eigenvalue weighted by molar-refractivity contribution is 5.94. The molecule has 70 valence electrons. The summed E-state index contributed by atoms with van der Waals surface area (Å²) in [7, 11) is 0. The van der Waals surface area contributed by atoms with Crippen LogP contribution in [0.1, 0.15) is 5.56 Å². The molecule has 6 N–H and O–H groups in total. The largest absolute Gasteiger partial charge is 0.472 e. The molecule has 0 unspecified atom stereocenters. The normalized spacial score (nSPS) is 9.23. The zero-order chi connectivity index (χ0) is 9.68. The van der Waals surface area contributed by atoms with Crippen molar-refractivity contribution in [3.05, 3.63) is 24.2 Å². The Morgan fingerprint density at radius 2 is 2.31 bits per heavy atom. The van der Waals surface area contributed by atoms with Crippen molar-refractivity contribution in [1.82, 2.24) is 10.6 Å². The predicted molar refractivity (Wildman–Crippen MR) is 48.3 cm³/mol. The van der Waals surface area contributed by atoms with Crippen molar-refractivity contribution in [2.75, 3.05) is 0 Å². The van der Waals surface area contributed by atoms with Crippen molar-refractivity contribution in [2.45, 2.75) is 6.54 Å². The van der Waals surface area contributed by atoms with Gasteiger partial charge in [0.15, 0.2) is 11.9 Å². The summed E-state index contributed by atoms with van der Waals surface area (Å²) in [4.78, 5) is 0. The highest BCUT2D eigenvalue weighted by Crippen LogP contribution is 1.97. The second-order valence-corrected chi connectivity index (χ2v) is 2.40. The van der Waals surface area contributed by atoms with Crippen molar-refractivity contribution in [1.29, 1.82) is 10.8 Å². The van der Waals surface area contributed by atoms with E-state index in [9.17, 15) is 0 Å². The van der Waals surface area contributed by atoms with Crippen LogP contribution in [0.15, 0.2) is 23.0 Å². The van der Waals surface area contributed by atoms with Gasteiger partial charge in [-0.05, 0) is 6.07 Å². The lowest BCUT2D eigenvalue weighted by Crippen LogP contribution is -2.42. The van der Waals surface area contributed by atoms with Crippen LogP contribution >= 0.6 is 0 Å². The third-order valence-electron chi connectivity index (χ3n) is 1.31. The van der Waals surface area contributed by atoms with Crippen LogP contribution in [0, 0.1) is 10.8 Å². The number of rotatable bonds is 2. The van der Waals surface area contributed by atoms with Gasteiger partial charge in [-0.25, -0.2) is 0 Å². The maximum absolute atomic E-state index is 7.25. The highest BCUT2D eigenvalue weighted by atomic mass is 16.3. The van der Waals surface area contributed by atoms with Crippen LogP contribution in [0.4, 0.5) is 0 Å². The van der Waals surface area contributed by atoms with Gasteiger partial charge in [0.1, 0.15) is 0 Å². The third kappa shape index (κ3) is 3.28. The Bertz CT molecular complexity index is 292. The second kappa shape index (κ2) is 4.15. The molecular weight excluding hydrogens is 170 g/mol. The van der Waals surface area contributed by atoms with Crippen LogP contribution in [-0.4, -0.2) is 11.9 Å². The Hall–Kier alpha value is -1.98. The van der Waals surface area contributed by atoms with E-state index in [2.05, 4.69) is 10.6 Å². The van der Waals surface area contributed by atoms with Crippen LogP contribution in [0.25, 0.3) is 0 Å². The van der Waals surface area contributed by atoms with Crippen LogP contribution in [0.5, 0.6) is 0 Å². The molecule has 0 aliphatic carbocycles.